The molecule has 2 N–H and O–H groups in total. The van der Waals surface area contributed by atoms with Crippen molar-refractivity contribution in [3.8, 4) is 0 Å². The van der Waals surface area contributed by atoms with Crippen molar-refractivity contribution >= 4 is 11.6 Å². The predicted octanol–water partition coefficient (Wildman–Crippen LogP) is 2.37. The van der Waals surface area contributed by atoms with Gasteiger partial charge in [-0.3, -0.25) is 9.67 Å². The van der Waals surface area contributed by atoms with Crippen molar-refractivity contribution in [2.75, 3.05) is 0 Å². The number of aromatic nitrogens is 3. The summed E-state index contributed by atoms with van der Waals surface area (Å²) in [6.07, 6.45) is 3.24. The van der Waals surface area contributed by atoms with Gasteiger partial charge in [-0.1, -0.05) is 17.7 Å². The van der Waals surface area contributed by atoms with E-state index in [0.29, 0.717) is 6.42 Å². The number of nitrogens with two attached hydrogens (primary N) is 1. The van der Waals surface area contributed by atoms with Gasteiger partial charge in [0.2, 0.25) is 0 Å². The van der Waals surface area contributed by atoms with Gasteiger partial charge in [0.05, 0.1) is 16.4 Å². The Morgan fingerprint density at radius 2 is 2.16 bits per heavy atom. The SMILES string of the molecule is CCn1nc(C)c(Cl)c1CC(N)Cc1ccccn1. The van der Waals surface area contributed by atoms with Crippen LogP contribution in [-0.2, 0) is 19.4 Å². The standard InChI is InChI=1S/C14H19ClN4/c1-3-19-13(14(15)10(2)18-19)9-11(16)8-12-6-4-5-7-17-12/h4-7,11H,3,8-9,16H2,1-2H3. The summed E-state index contributed by atoms with van der Waals surface area (Å²) in [5, 5.41) is 5.14. The van der Waals surface area contributed by atoms with Crippen LogP contribution in [-0.4, -0.2) is 20.8 Å². The first-order valence-corrected chi connectivity index (χ1v) is 6.86. The van der Waals surface area contributed by atoms with Crippen molar-refractivity contribution in [3.63, 3.8) is 0 Å². The Labute approximate surface area is 118 Å². The molecule has 1 atom stereocenters. The third-order valence-electron chi connectivity index (χ3n) is 3.11. The van der Waals surface area contributed by atoms with Gasteiger partial charge >= 0.3 is 0 Å². The Morgan fingerprint density at radius 1 is 1.37 bits per heavy atom. The molecule has 5 heteroatoms. The molecule has 0 bridgehead atoms. The van der Waals surface area contributed by atoms with Crippen LogP contribution >= 0.6 is 11.6 Å². The average molecular weight is 279 g/mol. The fraction of sp³-hybridized carbons (Fsp3) is 0.429. The second-order valence-electron chi connectivity index (χ2n) is 4.65. The smallest absolute Gasteiger partial charge is 0.0847 e. The second kappa shape index (κ2) is 6.17. The highest BCUT2D eigenvalue weighted by atomic mass is 35.5. The van der Waals surface area contributed by atoms with Crippen LogP contribution in [0.25, 0.3) is 0 Å². The van der Waals surface area contributed by atoms with E-state index in [0.717, 1.165) is 35.1 Å². The Bertz CT molecular complexity index is 536. The number of hydrogen-bond donors (Lipinski definition) is 1. The summed E-state index contributed by atoms with van der Waals surface area (Å²) >= 11 is 6.29. The molecule has 2 heterocycles. The average Bonchev–Trinajstić information content (AvgIpc) is 2.67. The lowest BCUT2D eigenvalue weighted by molar-refractivity contribution is 0.571. The summed E-state index contributed by atoms with van der Waals surface area (Å²) in [5.41, 5.74) is 9.09. The molecule has 0 aromatic carbocycles. The highest BCUT2D eigenvalue weighted by Crippen LogP contribution is 2.21. The second-order valence-corrected chi connectivity index (χ2v) is 5.03. The van der Waals surface area contributed by atoms with E-state index < -0.39 is 0 Å². The van der Waals surface area contributed by atoms with E-state index in [2.05, 4.69) is 17.0 Å². The van der Waals surface area contributed by atoms with Crippen LogP contribution in [0.15, 0.2) is 24.4 Å². The number of halogens is 1. The summed E-state index contributed by atoms with van der Waals surface area (Å²) in [4.78, 5) is 4.30. The maximum atomic E-state index is 6.29. The molecule has 0 amide bonds. The van der Waals surface area contributed by atoms with Crippen LogP contribution in [0.2, 0.25) is 5.02 Å². The molecule has 2 rings (SSSR count). The molecule has 0 aliphatic heterocycles. The largest absolute Gasteiger partial charge is 0.327 e. The molecule has 0 aliphatic rings. The van der Waals surface area contributed by atoms with Crippen molar-refractivity contribution in [2.24, 2.45) is 5.73 Å². The minimum atomic E-state index is -0.00574. The Kier molecular flexibility index (Phi) is 4.56. The third kappa shape index (κ3) is 3.33. The Hall–Kier alpha value is -1.39. The van der Waals surface area contributed by atoms with Gasteiger partial charge in [0, 0.05) is 37.3 Å². The van der Waals surface area contributed by atoms with E-state index in [-0.39, 0.29) is 6.04 Å². The first-order valence-electron chi connectivity index (χ1n) is 6.49. The molecule has 102 valence electrons. The van der Waals surface area contributed by atoms with Crippen molar-refractivity contribution < 1.29 is 0 Å². The number of aryl methyl sites for hydroxylation is 2. The van der Waals surface area contributed by atoms with Crippen molar-refractivity contribution in [1.82, 2.24) is 14.8 Å². The Balaban J connectivity index is 2.09. The van der Waals surface area contributed by atoms with Crippen LogP contribution in [0.5, 0.6) is 0 Å². The van der Waals surface area contributed by atoms with Crippen LogP contribution in [0.1, 0.15) is 24.0 Å². The lowest BCUT2D eigenvalue weighted by Crippen LogP contribution is -2.27. The molecule has 0 fully saturated rings. The summed E-state index contributed by atoms with van der Waals surface area (Å²) in [7, 11) is 0. The van der Waals surface area contributed by atoms with E-state index >= 15 is 0 Å². The molecule has 2 aromatic heterocycles. The lowest BCUT2D eigenvalue weighted by Gasteiger charge is -2.12. The van der Waals surface area contributed by atoms with Gasteiger partial charge in [0.1, 0.15) is 0 Å². The van der Waals surface area contributed by atoms with Crippen molar-refractivity contribution in [3.05, 3.63) is 46.5 Å². The van der Waals surface area contributed by atoms with E-state index in [1.807, 2.05) is 29.8 Å². The van der Waals surface area contributed by atoms with E-state index in [9.17, 15) is 0 Å². The number of hydrogen-bond acceptors (Lipinski definition) is 3. The Morgan fingerprint density at radius 3 is 2.79 bits per heavy atom. The molecule has 0 spiro atoms. The maximum absolute atomic E-state index is 6.29. The first kappa shape index (κ1) is 14.0. The third-order valence-corrected chi connectivity index (χ3v) is 3.60. The topological polar surface area (TPSA) is 56.7 Å². The molecular formula is C14H19ClN4. The fourth-order valence-corrected chi connectivity index (χ4v) is 2.38. The van der Waals surface area contributed by atoms with Gasteiger partial charge in [-0.05, 0) is 26.0 Å². The zero-order valence-corrected chi connectivity index (χ0v) is 12.1. The fourth-order valence-electron chi connectivity index (χ4n) is 2.17. The van der Waals surface area contributed by atoms with Crippen LogP contribution in [0.4, 0.5) is 0 Å². The quantitative estimate of drug-likeness (QED) is 0.913. The van der Waals surface area contributed by atoms with Gasteiger partial charge in [0.25, 0.3) is 0 Å². The molecular weight excluding hydrogens is 260 g/mol. The zero-order chi connectivity index (χ0) is 13.8. The highest BCUT2D eigenvalue weighted by Gasteiger charge is 2.16. The normalized spacial score (nSPS) is 12.6. The highest BCUT2D eigenvalue weighted by molar-refractivity contribution is 6.31. The van der Waals surface area contributed by atoms with Crippen LogP contribution in [0.3, 0.4) is 0 Å². The van der Waals surface area contributed by atoms with Gasteiger partial charge < -0.3 is 5.73 Å². The summed E-state index contributed by atoms with van der Waals surface area (Å²) in [6, 6.07) is 5.86. The molecule has 4 nitrogen and oxygen atoms in total. The van der Waals surface area contributed by atoms with Gasteiger partial charge in [-0.25, -0.2) is 0 Å². The summed E-state index contributed by atoms with van der Waals surface area (Å²) in [5.74, 6) is 0. The lowest BCUT2D eigenvalue weighted by atomic mass is 10.1. The number of nitrogens with zero attached hydrogens (tertiary/aromatic N) is 3. The van der Waals surface area contributed by atoms with E-state index in [1.165, 1.54) is 0 Å². The monoisotopic (exact) mass is 278 g/mol. The van der Waals surface area contributed by atoms with E-state index in [4.69, 9.17) is 17.3 Å². The molecule has 0 aliphatic carbocycles. The minimum absolute atomic E-state index is 0.00574. The first-order chi connectivity index (χ1) is 9.11. The predicted molar refractivity (Wildman–Crippen MR) is 77.3 cm³/mol. The minimum Gasteiger partial charge on any atom is -0.327 e. The maximum Gasteiger partial charge on any atom is 0.0847 e. The molecule has 19 heavy (non-hydrogen) atoms. The number of pyridine rings is 1. The van der Waals surface area contributed by atoms with Gasteiger partial charge in [-0.2, -0.15) is 5.10 Å². The summed E-state index contributed by atoms with van der Waals surface area (Å²) in [6.45, 7) is 4.78. The van der Waals surface area contributed by atoms with E-state index in [1.54, 1.807) is 6.20 Å². The van der Waals surface area contributed by atoms with Crippen molar-refractivity contribution in [2.45, 2.75) is 39.3 Å². The zero-order valence-electron chi connectivity index (χ0n) is 11.3. The van der Waals surface area contributed by atoms with Gasteiger partial charge in [-0.15, -0.1) is 0 Å². The van der Waals surface area contributed by atoms with Crippen LogP contribution in [0, 0.1) is 6.92 Å². The number of rotatable bonds is 5. The summed E-state index contributed by atoms with van der Waals surface area (Å²) < 4.78 is 1.93. The molecule has 1 unspecified atom stereocenters. The van der Waals surface area contributed by atoms with Crippen molar-refractivity contribution in [1.29, 1.82) is 0 Å². The molecule has 0 radical (unpaired) electrons. The molecule has 0 saturated heterocycles. The molecule has 0 saturated carbocycles. The molecule has 2 aromatic rings. The van der Waals surface area contributed by atoms with Crippen LogP contribution < -0.4 is 5.73 Å². The van der Waals surface area contributed by atoms with Gasteiger partial charge in [0.15, 0.2) is 0 Å².